The van der Waals surface area contributed by atoms with E-state index in [1.165, 1.54) is 16.0 Å². The fraction of sp³-hybridized carbons (Fsp3) is 0.600. The lowest BCUT2D eigenvalue weighted by molar-refractivity contribution is 0.0433. The van der Waals surface area contributed by atoms with Gasteiger partial charge in [0.05, 0.1) is 12.7 Å². The van der Waals surface area contributed by atoms with Gasteiger partial charge in [0.1, 0.15) is 23.5 Å². The summed E-state index contributed by atoms with van der Waals surface area (Å²) >= 11 is 1.88. The second kappa shape index (κ2) is 4.59. The number of fused-ring (bicyclic) bond motifs is 1. The first-order valence-electron chi connectivity index (χ1n) is 5.91. The second-order valence-electron chi connectivity index (χ2n) is 5.50. The van der Waals surface area contributed by atoms with E-state index < -0.39 is 0 Å². The van der Waals surface area contributed by atoms with E-state index in [2.05, 4.69) is 41.2 Å². The maximum Gasteiger partial charge on any atom is 0.106 e. The Morgan fingerprint density at radius 3 is 3.00 bits per heavy atom. The predicted molar refractivity (Wildman–Crippen MR) is 77.8 cm³/mol. The molecule has 0 bridgehead atoms. The number of aryl methyl sites for hydroxylation is 1. The minimum Gasteiger partial charge on any atom is -0.372 e. The van der Waals surface area contributed by atoms with Crippen LogP contribution in [-0.2, 0) is 11.2 Å². The van der Waals surface area contributed by atoms with Gasteiger partial charge in [0.15, 0.2) is 0 Å². The van der Waals surface area contributed by atoms with Gasteiger partial charge in [-0.2, -0.15) is 0 Å². The van der Waals surface area contributed by atoms with Gasteiger partial charge in [-0.15, -0.1) is 11.3 Å². The van der Waals surface area contributed by atoms with Crippen molar-refractivity contribution in [2.45, 2.75) is 24.7 Å². The second-order valence-corrected chi connectivity index (χ2v) is 6.46. The molecule has 2 rings (SSSR count). The van der Waals surface area contributed by atoms with Gasteiger partial charge < -0.3 is 10.1 Å². The van der Waals surface area contributed by atoms with Gasteiger partial charge in [-0.1, -0.05) is 5.24 Å². The maximum absolute atomic E-state index is 5.88. The molecule has 1 atom stereocenters. The van der Waals surface area contributed by atoms with Crippen molar-refractivity contribution < 1.29 is 4.74 Å². The molecule has 1 aromatic heterocycles. The molecule has 0 saturated heterocycles. The van der Waals surface area contributed by atoms with Crippen LogP contribution in [0, 0.1) is 6.92 Å². The Labute approximate surface area is 104 Å². The van der Waals surface area contributed by atoms with E-state index >= 15 is 0 Å². The molecule has 1 N–H and O–H groups in total. The minimum atomic E-state index is 0.158. The van der Waals surface area contributed by atoms with E-state index in [9.17, 15) is 0 Å². The fourth-order valence-corrected chi connectivity index (χ4v) is 3.14. The molecule has 0 radical (unpaired) electrons. The van der Waals surface area contributed by atoms with Crippen molar-refractivity contribution in [3.8, 4) is 0 Å². The van der Waals surface area contributed by atoms with Gasteiger partial charge in [-0.05, 0) is 23.4 Å². The van der Waals surface area contributed by atoms with Crippen LogP contribution >= 0.6 is 11.3 Å². The molecule has 1 aromatic rings. The first-order valence-corrected chi connectivity index (χ1v) is 6.79. The average Bonchev–Trinajstić information content (AvgIpc) is 2.57. The summed E-state index contributed by atoms with van der Waals surface area (Å²) < 4.78 is 5.88. The monoisotopic (exact) mass is 233 g/mol. The van der Waals surface area contributed by atoms with E-state index in [4.69, 9.17) is 4.74 Å². The molecule has 6 heteroatoms. The number of hydrogen-bond donors (Lipinski definition) is 1. The number of thiophene rings is 1. The van der Waals surface area contributed by atoms with Crippen LogP contribution in [0.3, 0.4) is 0 Å². The molecule has 1 aliphatic rings. The van der Waals surface area contributed by atoms with Gasteiger partial charge in [-0.3, -0.25) is 0 Å². The molecule has 16 heavy (non-hydrogen) atoms. The van der Waals surface area contributed by atoms with Crippen molar-refractivity contribution in [3.05, 3.63) is 21.4 Å². The van der Waals surface area contributed by atoms with E-state index in [1.54, 1.807) is 0 Å². The highest BCUT2D eigenvalue weighted by atomic mass is 32.1. The van der Waals surface area contributed by atoms with Crippen LogP contribution in [0.25, 0.3) is 0 Å². The van der Waals surface area contributed by atoms with Gasteiger partial charge >= 0.3 is 0 Å². The van der Waals surface area contributed by atoms with E-state index in [1.807, 2.05) is 11.3 Å². The molecule has 0 aromatic carbocycles. The number of ether oxygens (including phenoxy) is 1. The third-order valence-corrected chi connectivity index (χ3v) is 4.07. The maximum atomic E-state index is 5.88. The van der Waals surface area contributed by atoms with Crippen molar-refractivity contribution in [3.63, 3.8) is 0 Å². The Morgan fingerprint density at radius 2 is 2.31 bits per heavy atom. The van der Waals surface area contributed by atoms with Crippen LogP contribution in [0.4, 0.5) is 0 Å². The molecular weight excluding hydrogens is 215 g/mol. The summed E-state index contributed by atoms with van der Waals surface area (Å²) in [5.74, 6) is 0. The summed E-state index contributed by atoms with van der Waals surface area (Å²) in [4.78, 5) is 1.52. The number of nitrogens with one attached hydrogen (secondary N) is 1. The molecule has 0 spiro atoms. The van der Waals surface area contributed by atoms with Gasteiger partial charge in [0.2, 0.25) is 0 Å². The van der Waals surface area contributed by atoms with E-state index in [0.717, 1.165) is 19.6 Å². The molecule has 0 saturated carbocycles. The Bertz CT molecular complexity index is 375. The van der Waals surface area contributed by atoms with Crippen LogP contribution in [0.1, 0.15) is 22.1 Å². The Kier molecular flexibility index (Phi) is 3.52. The van der Waals surface area contributed by atoms with Crippen LogP contribution in [-0.4, -0.2) is 41.9 Å². The quantitative estimate of drug-likeness (QED) is 0.660. The van der Waals surface area contributed by atoms with Gasteiger partial charge in [-0.25, -0.2) is 0 Å². The Morgan fingerprint density at radius 1 is 1.56 bits per heavy atom. The van der Waals surface area contributed by atoms with Crippen LogP contribution in [0.2, 0.25) is 0 Å². The molecular formula is C10H18B3NOS. The lowest BCUT2D eigenvalue weighted by Crippen LogP contribution is -2.49. The SMILES string of the molecule is BC(B)(B)NCC1OCCc2scc(C)c21. The topological polar surface area (TPSA) is 21.3 Å². The largest absolute Gasteiger partial charge is 0.372 e. The van der Waals surface area contributed by atoms with Crippen LogP contribution < -0.4 is 5.32 Å². The van der Waals surface area contributed by atoms with Gasteiger partial charge in [0.25, 0.3) is 0 Å². The highest BCUT2D eigenvalue weighted by Crippen LogP contribution is 2.34. The van der Waals surface area contributed by atoms with Crippen molar-refractivity contribution in [1.82, 2.24) is 5.32 Å². The molecule has 0 fully saturated rings. The molecule has 0 amide bonds. The molecule has 2 nitrogen and oxygen atoms in total. The predicted octanol–water partition coefficient (Wildman–Crippen LogP) is -1.23. The molecule has 2 heterocycles. The number of hydrogen-bond acceptors (Lipinski definition) is 3. The lowest BCUT2D eigenvalue weighted by atomic mass is 9.49. The van der Waals surface area contributed by atoms with Crippen LogP contribution in [0.5, 0.6) is 0 Å². The van der Waals surface area contributed by atoms with Crippen molar-refractivity contribution in [1.29, 1.82) is 0 Å². The lowest BCUT2D eigenvalue weighted by Gasteiger charge is -2.29. The van der Waals surface area contributed by atoms with Crippen molar-refractivity contribution in [2.75, 3.05) is 13.2 Å². The fourth-order valence-electron chi connectivity index (χ4n) is 2.07. The van der Waals surface area contributed by atoms with Crippen molar-refractivity contribution >= 4 is 34.9 Å². The summed E-state index contributed by atoms with van der Waals surface area (Å²) in [5.41, 5.74) is 2.83. The van der Waals surface area contributed by atoms with Gasteiger partial charge in [0, 0.05) is 17.8 Å². The zero-order valence-electron chi connectivity index (χ0n) is 10.6. The standard InChI is InChI=1S/C10H18B3NOS/c1-6-5-16-8-2-3-15-7(9(6)8)4-14-10(11,12)13/h5,7,14H,2-4,11-13H2,1H3. The normalized spacial score (nSPS) is 20.7. The molecule has 1 aliphatic heterocycles. The first kappa shape index (κ1) is 12.3. The third kappa shape index (κ3) is 2.73. The van der Waals surface area contributed by atoms with E-state index in [-0.39, 0.29) is 11.3 Å². The van der Waals surface area contributed by atoms with Crippen LogP contribution in [0.15, 0.2) is 5.38 Å². The highest BCUT2D eigenvalue weighted by Gasteiger charge is 2.25. The average molecular weight is 233 g/mol. The summed E-state index contributed by atoms with van der Waals surface area (Å²) in [6.45, 7) is 3.96. The number of rotatable bonds is 3. The highest BCUT2D eigenvalue weighted by molar-refractivity contribution is 7.10. The molecule has 84 valence electrons. The Balaban J connectivity index is 2.10. The smallest absolute Gasteiger partial charge is 0.106 e. The molecule has 1 unspecified atom stereocenters. The summed E-state index contributed by atoms with van der Waals surface area (Å²) in [7, 11) is 6.58. The Hall–Kier alpha value is -0.185. The van der Waals surface area contributed by atoms with E-state index in [0.29, 0.717) is 0 Å². The zero-order valence-corrected chi connectivity index (χ0v) is 11.4. The first-order chi connectivity index (χ1) is 7.47. The summed E-state index contributed by atoms with van der Waals surface area (Å²) in [6, 6.07) is 0. The van der Waals surface area contributed by atoms with Crippen molar-refractivity contribution in [2.24, 2.45) is 0 Å². The summed E-state index contributed by atoms with van der Waals surface area (Å²) in [6.07, 6.45) is 1.33. The third-order valence-electron chi connectivity index (χ3n) is 2.89. The molecule has 0 aliphatic carbocycles. The zero-order chi connectivity index (χ0) is 11.8. The summed E-state index contributed by atoms with van der Waals surface area (Å²) in [5, 5.41) is 5.94. The minimum absolute atomic E-state index is 0.158.